The zero-order valence-corrected chi connectivity index (χ0v) is 16.5. The Morgan fingerprint density at radius 1 is 1.36 bits per heavy atom. The van der Waals surface area contributed by atoms with Gasteiger partial charge in [-0.15, -0.1) is 0 Å². The number of benzene rings is 1. The van der Waals surface area contributed by atoms with Gasteiger partial charge in [-0.1, -0.05) is 15.9 Å². The van der Waals surface area contributed by atoms with Gasteiger partial charge in [0.15, 0.2) is 0 Å². The van der Waals surface area contributed by atoms with E-state index < -0.39 is 46.1 Å². The van der Waals surface area contributed by atoms with Crippen LogP contribution in [0.1, 0.15) is 32.8 Å². The molecule has 4 nitrogen and oxygen atoms in total. The molecule has 0 aliphatic rings. The fourth-order valence-corrected chi connectivity index (χ4v) is 3.44. The van der Waals surface area contributed by atoms with Crippen LogP contribution in [-0.4, -0.2) is 28.1 Å². The van der Waals surface area contributed by atoms with Crippen LogP contribution in [0.5, 0.6) is 0 Å². The lowest BCUT2D eigenvalue weighted by atomic mass is 9.71. The Balaban J connectivity index is 3.48. The van der Waals surface area contributed by atoms with Gasteiger partial charge in [0.25, 0.3) is 5.92 Å². The Morgan fingerprint density at radius 3 is 2.48 bits per heavy atom. The predicted octanol–water partition coefficient (Wildman–Crippen LogP) is 3.81. The normalized spacial score (nSPS) is 16.1. The summed E-state index contributed by atoms with van der Waals surface area (Å²) in [6, 6.07) is 5.36. The van der Waals surface area contributed by atoms with Crippen molar-refractivity contribution in [3.8, 4) is 6.07 Å². The van der Waals surface area contributed by atoms with Crippen molar-refractivity contribution in [3.05, 3.63) is 34.1 Å². The maximum absolute atomic E-state index is 15.0. The molecule has 9 heteroatoms. The van der Waals surface area contributed by atoms with E-state index in [1.807, 2.05) is 0 Å². The third-order valence-electron chi connectivity index (χ3n) is 4.10. The van der Waals surface area contributed by atoms with Crippen LogP contribution in [0.3, 0.4) is 0 Å². The van der Waals surface area contributed by atoms with E-state index in [9.17, 15) is 8.60 Å². The van der Waals surface area contributed by atoms with Gasteiger partial charge in [0, 0.05) is 10.0 Å². The lowest BCUT2D eigenvalue weighted by Crippen LogP contribution is -2.52. The number of rotatable bonds is 8. The molecular formula is C16H20BrF3N2O2S. The number of nitrogens with zero attached hydrogens (tertiary/aromatic N) is 1. The Hall–Kier alpha value is -0.950. The Bertz CT molecular complexity index is 694. The zero-order valence-electron chi connectivity index (χ0n) is 14.1. The summed E-state index contributed by atoms with van der Waals surface area (Å²) in [5.41, 5.74) is -2.31. The van der Waals surface area contributed by atoms with Crippen molar-refractivity contribution in [2.24, 2.45) is 5.14 Å². The lowest BCUT2D eigenvalue weighted by Gasteiger charge is -2.42. The number of ether oxygens (including phenoxy) is 1. The number of halogens is 4. The van der Waals surface area contributed by atoms with Gasteiger partial charge in [-0.2, -0.15) is 5.26 Å². The van der Waals surface area contributed by atoms with Crippen molar-refractivity contribution in [1.29, 1.82) is 5.26 Å². The molecule has 0 fully saturated rings. The van der Waals surface area contributed by atoms with Crippen molar-refractivity contribution in [3.63, 3.8) is 0 Å². The van der Waals surface area contributed by atoms with Crippen LogP contribution in [0.25, 0.3) is 0 Å². The Kier molecular flexibility index (Phi) is 7.21. The van der Waals surface area contributed by atoms with Gasteiger partial charge in [-0.05, 0) is 45.4 Å². The first-order chi connectivity index (χ1) is 11.4. The lowest BCUT2D eigenvalue weighted by molar-refractivity contribution is -0.129. The molecule has 2 atom stereocenters. The van der Waals surface area contributed by atoms with Crippen molar-refractivity contribution < 1.29 is 22.1 Å². The highest BCUT2D eigenvalue weighted by Gasteiger charge is 2.55. The van der Waals surface area contributed by atoms with Crippen molar-refractivity contribution in [2.75, 3.05) is 13.2 Å². The minimum atomic E-state index is -3.54. The summed E-state index contributed by atoms with van der Waals surface area (Å²) in [6.07, 6.45) is -0.362. The minimum absolute atomic E-state index is 0.244. The molecule has 1 aromatic rings. The molecule has 0 amide bonds. The van der Waals surface area contributed by atoms with Crippen LogP contribution >= 0.6 is 15.9 Å². The van der Waals surface area contributed by atoms with Crippen LogP contribution in [0.4, 0.5) is 13.2 Å². The molecular weight excluding hydrogens is 421 g/mol. The van der Waals surface area contributed by atoms with Crippen molar-refractivity contribution >= 4 is 26.9 Å². The molecule has 0 spiro atoms. The second kappa shape index (κ2) is 8.16. The first-order valence-electron chi connectivity index (χ1n) is 7.32. The number of nitriles is 1. The van der Waals surface area contributed by atoms with Crippen LogP contribution in [0.15, 0.2) is 22.7 Å². The summed E-state index contributed by atoms with van der Waals surface area (Å²) in [5.74, 6) is -4.36. The number of nitrogens with two attached hydrogens (primary N) is 1. The van der Waals surface area contributed by atoms with Gasteiger partial charge in [0.2, 0.25) is 0 Å². The van der Waals surface area contributed by atoms with E-state index in [4.69, 9.17) is 15.1 Å². The van der Waals surface area contributed by atoms with E-state index in [-0.39, 0.29) is 12.0 Å². The summed E-state index contributed by atoms with van der Waals surface area (Å²) in [5, 5.41) is 13.9. The van der Waals surface area contributed by atoms with Gasteiger partial charge in [0.1, 0.15) is 19.0 Å². The third-order valence-corrected chi connectivity index (χ3v) is 5.83. The highest BCUT2D eigenvalue weighted by Crippen LogP contribution is 2.47. The molecule has 1 unspecified atom stereocenters. The molecule has 0 aromatic heterocycles. The maximum Gasteiger partial charge on any atom is 0.280 e. The van der Waals surface area contributed by atoms with E-state index in [0.29, 0.717) is 4.47 Å². The molecule has 0 aliphatic heterocycles. The van der Waals surface area contributed by atoms with Crippen LogP contribution in [-0.2, 0) is 21.1 Å². The fraction of sp³-hybridized carbons (Fsp3) is 0.562. The summed E-state index contributed by atoms with van der Waals surface area (Å²) in [7, 11) is -1.91. The average Bonchev–Trinajstić information content (AvgIpc) is 2.49. The topological polar surface area (TPSA) is 76.1 Å². The quantitative estimate of drug-likeness (QED) is 0.624. The molecule has 140 valence electrons. The molecule has 1 rings (SSSR count). The highest BCUT2D eigenvalue weighted by atomic mass is 79.9. The van der Waals surface area contributed by atoms with Crippen LogP contribution in [0, 0.1) is 17.1 Å². The Morgan fingerprint density at radius 2 is 1.96 bits per heavy atom. The van der Waals surface area contributed by atoms with Crippen LogP contribution < -0.4 is 5.14 Å². The zero-order chi connectivity index (χ0) is 19.5. The van der Waals surface area contributed by atoms with Gasteiger partial charge >= 0.3 is 0 Å². The second-order valence-electron chi connectivity index (χ2n) is 6.55. The first-order valence-corrected chi connectivity index (χ1v) is 9.32. The average molecular weight is 441 g/mol. The van der Waals surface area contributed by atoms with Gasteiger partial charge < -0.3 is 4.74 Å². The summed E-state index contributed by atoms with van der Waals surface area (Å²) in [6.45, 7) is 2.55. The van der Waals surface area contributed by atoms with Crippen LogP contribution in [0.2, 0.25) is 0 Å². The standard InChI is InChI=1S/C16H20BrF3N2O2S/c1-14(2,25(22)23)9-15(3,16(19,20)10-24-7-6-21)12-8-11(17)4-5-13(12)18/h4-5,8H,7,9-10,22H2,1-3H3/t15-,25?/m1/s1. The number of hydrogen-bond acceptors (Lipinski definition) is 3. The van der Waals surface area contributed by atoms with Gasteiger partial charge in [0.05, 0.1) is 27.2 Å². The largest absolute Gasteiger partial charge is 0.360 e. The smallest absolute Gasteiger partial charge is 0.280 e. The molecule has 0 bridgehead atoms. The predicted molar refractivity (Wildman–Crippen MR) is 93.9 cm³/mol. The highest BCUT2D eigenvalue weighted by molar-refractivity contribution is 9.10. The van der Waals surface area contributed by atoms with E-state index in [1.165, 1.54) is 32.9 Å². The molecule has 25 heavy (non-hydrogen) atoms. The van der Waals surface area contributed by atoms with E-state index in [0.717, 1.165) is 6.07 Å². The van der Waals surface area contributed by atoms with Gasteiger partial charge in [-0.3, -0.25) is 5.14 Å². The Labute approximate surface area is 156 Å². The first kappa shape index (κ1) is 22.1. The minimum Gasteiger partial charge on any atom is -0.360 e. The monoisotopic (exact) mass is 440 g/mol. The summed E-state index contributed by atoms with van der Waals surface area (Å²) < 4.78 is 60.2. The molecule has 0 radical (unpaired) electrons. The fourth-order valence-electron chi connectivity index (χ4n) is 2.65. The number of hydrogen-bond donors (Lipinski definition) is 1. The molecule has 0 saturated carbocycles. The molecule has 1 aromatic carbocycles. The molecule has 2 N–H and O–H groups in total. The van der Waals surface area contributed by atoms with E-state index in [1.54, 1.807) is 6.07 Å². The summed E-state index contributed by atoms with van der Waals surface area (Å²) in [4.78, 5) is 0. The SMILES string of the molecule is CC(C)(C[C@](C)(c1cc(Br)ccc1F)C(F)(F)COCC#N)S(N)=O. The summed E-state index contributed by atoms with van der Waals surface area (Å²) >= 11 is 3.16. The van der Waals surface area contributed by atoms with Gasteiger partial charge in [-0.25, -0.2) is 17.4 Å². The van der Waals surface area contributed by atoms with Crippen molar-refractivity contribution in [1.82, 2.24) is 0 Å². The maximum atomic E-state index is 15.0. The van der Waals surface area contributed by atoms with Crippen molar-refractivity contribution in [2.45, 2.75) is 43.3 Å². The number of alkyl halides is 2. The molecule has 0 heterocycles. The van der Waals surface area contributed by atoms with E-state index in [2.05, 4.69) is 15.9 Å². The second-order valence-corrected chi connectivity index (χ2v) is 9.16. The molecule has 0 saturated heterocycles. The van der Waals surface area contributed by atoms with E-state index >= 15 is 8.78 Å². The molecule has 0 aliphatic carbocycles. The third kappa shape index (κ3) is 5.03.